The summed E-state index contributed by atoms with van der Waals surface area (Å²) in [6, 6.07) is 21.7. The number of anilines is 1. The lowest BCUT2D eigenvalue weighted by molar-refractivity contribution is -0.968. The molecule has 13 nitrogen and oxygen atoms in total. The van der Waals surface area contributed by atoms with Gasteiger partial charge in [0.1, 0.15) is 29.4 Å². The standard InChI is InChI=1S/C54H67N4O9/c1-9-51-22-16-24-57-25-23-52(45(51)57)39-27-40(43(64-6)28-42(39)56(5)46(52)54(63,49(61)66-8)47(51)67-34(3)59)53(48(60)65-7)30-35-29-50(4,62)32-58(31-35,33(2)36-17-11-10-12-18-36)26-15-20-38-37-19-13-14-21-41(37)55-44(38)53/h10-14,16-19,21-22,27-28,33,35,45-47,55,62-63H,9,15,20,23-26,29-32H2,1-8H3/q+1/t33?,35-,45-,46+,47+,50-,51+,52+,53-,54-,58?/m0/s1. The Bertz CT molecular complexity index is 2660. The summed E-state index contributed by atoms with van der Waals surface area (Å²) in [5, 5.41) is 27.0. The molecule has 13 heteroatoms. The first-order chi connectivity index (χ1) is 32.0. The monoisotopic (exact) mass is 915 g/mol. The number of rotatable bonds is 8. The number of piperidine rings is 1. The van der Waals surface area contributed by atoms with Crippen LogP contribution in [0, 0.1) is 11.3 Å². The molecule has 67 heavy (non-hydrogen) atoms. The number of aliphatic hydroxyl groups is 2. The smallest absolute Gasteiger partial charge is 0.344 e. The number of H-pyrrole nitrogens is 1. The second-order valence-corrected chi connectivity index (χ2v) is 21.1. The van der Waals surface area contributed by atoms with Crippen LogP contribution in [0.25, 0.3) is 10.9 Å². The van der Waals surface area contributed by atoms with Gasteiger partial charge in [0.15, 0.2) is 6.10 Å². The third-order valence-corrected chi connectivity index (χ3v) is 17.7. The van der Waals surface area contributed by atoms with E-state index in [9.17, 15) is 19.8 Å². The van der Waals surface area contributed by atoms with Crippen molar-refractivity contribution < 1.29 is 48.0 Å². The van der Waals surface area contributed by atoms with Gasteiger partial charge in [-0.05, 0) is 75.8 Å². The van der Waals surface area contributed by atoms with Crippen molar-refractivity contribution in [3.63, 3.8) is 0 Å². The number of carbonyl (C=O) groups excluding carboxylic acids is 3. The van der Waals surface area contributed by atoms with Gasteiger partial charge in [0.05, 0.1) is 40.5 Å². The molecular weight excluding hydrogens is 849 g/mol. The lowest BCUT2D eigenvalue weighted by atomic mass is 9.47. The number of methoxy groups -OCH3 is 3. The van der Waals surface area contributed by atoms with E-state index in [1.807, 2.05) is 50.1 Å². The Morgan fingerprint density at radius 3 is 2.39 bits per heavy atom. The highest BCUT2D eigenvalue weighted by molar-refractivity contribution is 5.95. The van der Waals surface area contributed by atoms with E-state index in [0.717, 1.165) is 52.9 Å². The zero-order valence-electron chi connectivity index (χ0n) is 40.3. The van der Waals surface area contributed by atoms with Crippen LogP contribution in [0.4, 0.5) is 5.69 Å². The molecule has 6 aliphatic rings. The van der Waals surface area contributed by atoms with Gasteiger partial charge < -0.3 is 43.5 Å². The number of aromatic nitrogens is 1. The molecule has 356 valence electrons. The van der Waals surface area contributed by atoms with E-state index in [-0.39, 0.29) is 18.0 Å². The van der Waals surface area contributed by atoms with E-state index in [2.05, 4.69) is 71.4 Å². The summed E-state index contributed by atoms with van der Waals surface area (Å²) >= 11 is 0. The van der Waals surface area contributed by atoms with Gasteiger partial charge in [-0.25, -0.2) is 4.79 Å². The predicted molar refractivity (Wildman–Crippen MR) is 254 cm³/mol. The number of aryl methyl sites for hydroxylation is 1. The zero-order valence-corrected chi connectivity index (χ0v) is 40.3. The molecule has 4 aromatic rings. The molecule has 6 heterocycles. The summed E-state index contributed by atoms with van der Waals surface area (Å²) in [7, 11) is 6.21. The molecular formula is C54H67N4O9+. The van der Waals surface area contributed by atoms with Gasteiger partial charge in [-0.1, -0.05) is 67.6 Å². The van der Waals surface area contributed by atoms with Gasteiger partial charge in [0.25, 0.3) is 0 Å². The summed E-state index contributed by atoms with van der Waals surface area (Å²) in [5.74, 6) is -1.65. The summed E-state index contributed by atoms with van der Waals surface area (Å²) in [4.78, 5) is 51.7. The molecule has 3 aromatic carbocycles. The number of ether oxygens (including phenoxy) is 4. The SMILES string of the molecule is CC[C@]12C=CCN3CC[C@@]4(c5cc([C@@]6(C(=O)OC)C[C@@H]7C[C@](C)(O)C[N+](C(C)c8ccccc8)(CCCc8c6[nH]c6ccccc86)C7)c(OC)cc5N(C)[C@H]4[C@@](O)(C(=O)OC)[C@@H]1OC(C)=O)[C@@H]32. The fourth-order valence-corrected chi connectivity index (χ4v) is 15.6. The quantitative estimate of drug-likeness (QED) is 0.0795. The summed E-state index contributed by atoms with van der Waals surface area (Å²) < 4.78 is 25.0. The molecule has 1 spiro atoms. The maximum Gasteiger partial charge on any atom is 0.344 e. The summed E-state index contributed by atoms with van der Waals surface area (Å²) in [5.41, 5.74) is -0.647. The Morgan fingerprint density at radius 2 is 1.69 bits per heavy atom. The number of fused-ring (bicyclic) bond motifs is 6. The second kappa shape index (κ2) is 15.9. The van der Waals surface area contributed by atoms with Crippen LogP contribution in [-0.4, -0.2) is 133 Å². The van der Waals surface area contributed by atoms with Crippen molar-refractivity contribution in [3.05, 3.63) is 107 Å². The lowest BCUT2D eigenvalue weighted by Crippen LogP contribution is -2.81. The van der Waals surface area contributed by atoms with Gasteiger partial charge in [0.2, 0.25) is 5.60 Å². The molecule has 1 aliphatic carbocycles. The number of aromatic amines is 1. The van der Waals surface area contributed by atoms with Gasteiger partial charge >= 0.3 is 17.9 Å². The Morgan fingerprint density at radius 1 is 0.955 bits per heavy atom. The van der Waals surface area contributed by atoms with Crippen LogP contribution in [-0.2, 0) is 45.8 Å². The molecule has 2 saturated heterocycles. The topological polar surface area (TPSA) is 151 Å². The van der Waals surface area contributed by atoms with Crippen molar-refractivity contribution in [2.45, 2.75) is 112 Å². The Kier molecular flexibility index (Phi) is 10.8. The van der Waals surface area contributed by atoms with Crippen LogP contribution in [0.2, 0.25) is 0 Å². The molecule has 1 saturated carbocycles. The van der Waals surface area contributed by atoms with Crippen LogP contribution in [0.15, 0.2) is 78.9 Å². The Hall–Kier alpha value is -5.21. The fourth-order valence-electron chi connectivity index (χ4n) is 15.6. The highest BCUT2D eigenvalue weighted by Crippen LogP contribution is 2.68. The second-order valence-electron chi connectivity index (χ2n) is 21.1. The van der Waals surface area contributed by atoms with Gasteiger partial charge in [0, 0.05) is 89.2 Å². The molecule has 11 atom stereocenters. The highest BCUT2D eigenvalue weighted by atomic mass is 16.6. The number of quaternary nitrogens is 1. The zero-order chi connectivity index (χ0) is 47.5. The molecule has 0 radical (unpaired) electrons. The summed E-state index contributed by atoms with van der Waals surface area (Å²) in [6.45, 7) is 11.0. The number of benzene rings is 3. The molecule has 3 fully saturated rings. The minimum absolute atomic E-state index is 0.0651. The van der Waals surface area contributed by atoms with Crippen molar-refractivity contribution in [3.8, 4) is 5.75 Å². The fraction of sp³-hybridized carbons (Fsp3) is 0.537. The van der Waals surface area contributed by atoms with Crippen LogP contribution in [0.3, 0.4) is 0 Å². The molecule has 3 N–H and O–H groups in total. The minimum Gasteiger partial charge on any atom is -0.496 e. The first-order valence-electron chi connectivity index (χ1n) is 24.2. The van der Waals surface area contributed by atoms with Crippen molar-refractivity contribution in [1.82, 2.24) is 9.88 Å². The number of nitrogens with zero attached hydrogens (tertiary/aromatic N) is 3. The average molecular weight is 916 g/mol. The van der Waals surface area contributed by atoms with Crippen molar-refractivity contribution in [2.24, 2.45) is 11.3 Å². The summed E-state index contributed by atoms with van der Waals surface area (Å²) in [6.07, 6.45) is 6.10. The number of para-hydroxylation sites is 1. The first kappa shape index (κ1) is 45.6. The molecule has 0 amide bonds. The van der Waals surface area contributed by atoms with Crippen LogP contribution in [0.1, 0.15) is 93.8 Å². The average Bonchev–Trinajstić information content (AvgIpc) is 3.97. The van der Waals surface area contributed by atoms with E-state index in [0.29, 0.717) is 67.5 Å². The van der Waals surface area contributed by atoms with E-state index < -0.39 is 57.5 Å². The first-order valence-corrected chi connectivity index (χ1v) is 24.2. The number of esters is 3. The highest BCUT2D eigenvalue weighted by Gasteiger charge is 2.80. The Balaban J connectivity index is 1.26. The lowest BCUT2D eigenvalue weighted by Gasteiger charge is -2.63. The van der Waals surface area contributed by atoms with Crippen LogP contribution in [0.5, 0.6) is 5.75 Å². The third-order valence-electron chi connectivity index (χ3n) is 17.7. The van der Waals surface area contributed by atoms with Crippen molar-refractivity contribution >= 4 is 34.5 Å². The molecule has 10 rings (SSSR count). The molecule has 1 aromatic heterocycles. The minimum atomic E-state index is -2.32. The van der Waals surface area contributed by atoms with Gasteiger partial charge in [-0.2, -0.15) is 0 Å². The molecule has 5 aliphatic heterocycles. The number of hydrogen-bond acceptors (Lipinski definition) is 11. The van der Waals surface area contributed by atoms with Gasteiger partial charge in [-0.15, -0.1) is 0 Å². The largest absolute Gasteiger partial charge is 0.496 e. The van der Waals surface area contributed by atoms with Crippen LogP contribution >= 0.6 is 0 Å². The Labute approximate surface area is 393 Å². The van der Waals surface area contributed by atoms with Gasteiger partial charge in [-0.3, -0.25) is 14.5 Å². The number of hydrogen-bond donors (Lipinski definition) is 3. The third kappa shape index (κ3) is 6.22. The van der Waals surface area contributed by atoms with E-state index >= 15 is 4.79 Å². The van der Waals surface area contributed by atoms with Crippen molar-refractivity contribution in [2.75, 3.05) is 66.0 Å². The number of nitrogens with one attached hydrogen (secondary N) is 1. The van der Waals surface area contributed by atoms with Crippen LogP contribution < -0.4 is 9.64 Å². The normalized spacial score (nSPS) is 35.7. The molecule has 2 unspecified atom stereocenters. The van der Waals surface area contributed by atoms with E-state index in [1.165, 1.54) is 26.7 Å². The van der Waals surface area contributed by atoms with E-state index in [4.69, 9.17) is 18.9 Å². The molecule has 2 bridgehead atoms. The van der Waals surface area contributed by atoms with Crippen molar-refractivity contribution in [1.29, 1.82) is 0 Å². The maximum atomic E-state index is 15.8. The number of carbonyl (C=O) groups is 3. The predicted octanol–water partition coefficient (Wildman–Crippen LogP) is 6.27. The number of likely N-dealkylation sites (N-methyl/N-ethyl adjacent to an activating group) is 1. The maximum absolute atomic E-state index is 15.8. The van der Waals surface area contributed by atoms with E-state index in [1.54, 1.807) is 7.11 Å².